The molecule has 0 fully saturated rings. The molecule has 1 aliphatic heterocycles. The number of ether oxygens (including phenoxy) is 1. The number of nitrogens with zero attached hydrogens (tertiary/aromatic N) is 1. The van der Waals surface area contributed by atoms with Crippen molar-refractivity contribution in [3.63, 3.8) is 0 Å². The number of hydrogen-bond donors (Lipinski definition) is 0. The van der Waals surface area contributed by atoms with Crippen LogP contribution in [0.5, 0.6) is 5.75 Å². The lowest BCUT2D eigenvalue weighted by atomic mass is 9.82. The van der Waals surface area contributed by atoms with Gasteiger partial charge in [-0.1, -0.05) is 147 Å². The molecule has 2 aliphatic rings. The molecule has 0 radical (unpaired) electrons. The fourth-order valence-corrected chi connectivity index (χ4v) is 10.6. The predicted octanol–water partition coefficient (Wildman–Crippen LogP) is 11.5. The number of hydrogen-bond acceptors (Lipinski definition) is 1. The Morgan fingerprint density at radius 2 is 1.10 bits per heavy atom. The van der Waals surface area contributed by atoms with Crippen molar-refractivity contribution >= 4 is 51.9 Å². The average Bonchev–Trinajstić information content (AvgIpc) is 3.65. The average molecular weight is 646 g/mol. The van der Waals surface area contributed by atoms with E-state index in [9.17, 15) is 0 Å². The smallest absolute Gasteiger partial charge is 0.178 e. The highest BCUT2D eigenvalue weighted by atomic mass is 28.3. The first-order valence-electron chi connectivity index (χ1n) is 17.2. The van der Waals surface area contributed by atoms with Gasteiger partial charge in [-0.3, -0.25) is 0 Å². The maximum atomic E-state index is 7.58. The summed E-state index contributed by atoms with van der Waals surface area (Å²) in [5, 5.41) is 6.53. The zero-order chi connectivity index (χ0) is 32.9. The van der Waals surface area contributed by atoms with E-state index in [0.717, 1.165) is 22.6 Å². The van der Waals surface area contributed by atoms with Crippen LogP contribution in [0.15, 0.2) is 152 Å². The third-order valence-corrected chi connectivity index (χ3v) is 12.7. The van der Waals surface area contributed by atoms with Gasteiger partial charge in [0.25, 0.3) is 0 Å². The van der Waals surface area contributed by atoms with Gasteiger partial charge >= 0.3 is 0 Å². The van der Waals surface area contributed by atoms with E-state index in [-0.39, 0.29) is 0 Å². The van der Waals surface area contributed by atoms with Crippen molar-refractivity contribution in [3.05, 3.63) is 168 Å². The van der Waals surface area contributed by atoms with Crippen LogP contribution in [0.1, 0.15) is 16.7 Å². The van der Waals surface area contributed by atoms with Gasteiger partial charge < -0.3 is 9.30 Å². The van der Waals surface area contributed by atoms with Crippen LogP contribution in [0.2, 0.25) is 19.6 Å². The molecule has 2 heterocycles. The molecule has 234 valence electrons. The SMILES string of the molecule is C[Si](C)(C)c1c2c(c3cccc4c3c1-c1ccccc1-4)OC(c1ccccc1)(c1ccc(-n3c4ccccc4c4ccccc43)cc1)C=C2. The van der Waals surface area contributed by atoms with E-state index in [0.29, 0.717) is 0 Å². The summed E-state index contributed by atoms with van der Waals surface area (Å²) in [5.41, 5.74) is 11.6. The molecule has 3 heteroatoms. The second-order valence-corrected chi connectivity index (χ2v) is 19.5. The van der Waals surface area contributed by atoms with Crippen molar-refractivity contribution in [2.45, 2.75) is 25.2 Å². The first-order valence-corrected chi connectivity index (χ1v) is 20.7. The quantitative estimate of drug-likeness (QED) is 0.174. The van der Waals surface area contributed by atoms with Crippen LogP contribution in [0.25, 0.3) is 66.6 Å². The van der Waals surface area contributed by atoms with Gasteiger partial charge in [-0.15, -0.1) is 0 Å². The lowest BCUT2D eigenvalue weighted by Crippen LogP contribution is -2.43. The van der Waals surface area contributed by atoms with Gasteiger partial charge in [0, 0.05) is 43.9 Å². The van der Waals surface area contributed by atoms with Crippen LogP contribution in [-0.2, 0) is 5.60 Å². The second kappa shape index (κ2) is 10.2. The second-order valence-electron chi connectivity index (χ2n) is 14.5. The molecule has 1 atom stereocenters. The number of aromatic nitrogens is 1. The van der Waals surface area contributed by atoms with Crippen LogP contribution >= 0.6 is 0 Å². The lowest BCUT2D eigenvalue weighted by molar-refractivity contribution is 0.164. The number of rotatable bonds is 4. The Morgan fingerprint density at radius 3 is 1.80 bits per heavy atom. The molecule has 8 aromatic rings. The Bertz CT molecular complexity index is 2610. The summed E-state index contributed by atoms with van der Waals surface area (Å²) < 4.78 is 9.95. The molecule has 7 aromatic carbocycles. The molecular weight excluding hydrogens is 611 g/mol. The van der Waals surface area contributed by atoms with Crippen LogP contribution in [0, 0.1) is 0 Å². The molecule has 0 saturated heterocycles. The van der Waals surface area contributed by atoms with Crippen molar-refractivity contribution in [1.82, 2.24) is 4.57 Å². The fourth-order valence-electron chi connectivity index (χ4n) is 8.62. The standard InChI is InChI=1S/C46H35NOSi/c1-49(2,3)45-39-28-29-46(30-14-5-4-6-15-30,48-44(39)38-21-13-20-36-33-16-7-8-19-37(33)43(45)42(36)38)31-24-26-32(27-25-31)47-40-22-11-9-17-34(40)35-18-10-12-23-41(35)47/h4-29H,1-3H3. The minimum absolute atomic E-state index is 0.796. The van der Waals surface area contributed by atoms with Gasteiger partial charge in [-0.2, -0.15) is 0 Å². The Hall–Kier alpha value is -5.64. The Labute approximate surface area is 287 Å². The van der Waals surface area contributed by atoms with E-state index in [1.54, 1.807) is 0 Å². The summed E-state index contributed by atoms with van der Waals surface area (Å²) in [6.07, 6.45) is 4.69. The van der Waals surface area contributed by atoms with Gasteiger partial charge in [0.05, 0.1) is 19.1 Å². The van der Waals surface area contributed by atoms with Crippen LogP contribution < -0.4 is 9.92 Å². The molecule has 1 aromatic heterocycles. The maximum absolute atomic E-state index is 7.58. The van der Waals surface area contributed by atoms with E-state index < -0.39 is 13.7 Å². The van der Waals surface area contributed by atoms with E-state index in [2.05, 4.69) is 182 Å². The van der Waals surface area contributed by atoms with Gasteiger partial charge in [0.2, 0.25) is 0 Å². The molecule has 49 heavy (non-hydrogen) atoms. The number of para-hydroxylation sites is 2. The molecule has 1 unspecified atom stereocenters. The first-order chi connectivity index (χ1) is 23.9. The summed E-state index contributed by atoms with van der Waals surface area (Å²) in [5.74, 6) is 0.989. The molecule has 1 aliphatic carbocycles. The summed E-state index contributed by atoms with van der Waals surface area (Å²) in [4.78, 5) is 0. The predicted molar refractivity (Wildman–Crippen MR) is 209 cm³/mol. The maximum Gasteiger partial charge on any atom is 0.178 e. The van der Waals surface area contributed by atoms with Gasteiger partial charge in [-0.05, 0) is 57.8 Å². The van der Waals surface area contributed by atoms with Crippen molar-refractivity contribution in [2.24, 2.45) is 0 Å². The van der Waals surface area contributed by atoms with E-state index in [4.69, 9.17) is 4.74 Å². The zero-order valence-electron chi connectivity index (χ0n) is 27.9. The normalized spacial score (nSPS) is 16.2. The summed E-state index contributed by atoms with van der Waals surface area (Å²) in [7, 11) is -1.85. The molecule has 0 N–H and O–H groups in total. The van der Waals surface area contributed by atoms with Crippen molar-refractivity contribution in [3.8, 4) is 33.7 Å². The molecule has 10 rings (SSSR count). The molecule has 0 amide bonds. The summed E-state index contributed by atoms with van der Waals surface area (Å²) in [6.45, 7) is 7.40. The Balaban J connectivity index is 1.20. The van der Waals surface area contributed by atoms with Gasteiger partial charge in [0.1, 0.15) is 5.75 Å². The van der Waals surface area contributed by atoms with Crippen molar-refractivity contribution in [1.29, 1.82) is 0 Å². The highest BCUT2D eigenvalue weighted by Gasteiger charge is 2.41. The third kappa shape index (κ3) is 3.94. The highest BCUT2D eigenvalue weighted by Crippen LogP contribution is 2.53. The van der Waals surface area contributed by atoms with Crippen molar-refractivity contribution in [2.75, 3.05) is 0 Å². The zero-order valence-corrected chi connectivity index (χ0v) is 28.9. The minimum Gasteiger partial charge on any atom is -0.472 e. The first kappa shape index (κ1) is 28.4. The molecule has 0 spiro atoms. The molecule has 0 saturated carbocycles. The topological polar surface area (TPSA) is 14.2 Å². The minimum atomic E-state index is -1.85. The van der Waals surface area contributed by atoms with E-state index in [1.165, 1.54) is 65.6 Å². The molecule has 2 nitrogen and oxygen atoms in total. The monoisotopic (exact) mass is 645 g/mol. The lowest BCUT2D eigenvalue weighted by Gasteiger charge is -2.39. The molecular formula is C46H35NOSi. The summed E-state index contributed by atoms with van der Waals surface area (Å²) >= 11 is 0. The van der Waals surface area contributed by atoms with Gasteiger partial charge in [-0.25, -0.2) is 0 Å². The van der Waals surface area contributed by atoms with Crippen molar-refractivity contribution < 1.29 is 4.74 Å². The summed E-state index contributed by atoms with van der Waals surface area (Å²) in [6, 6.07) is 52.8. The van der Waals surface area contributed by atoms with Gasteiger partial charge in [0.15, 0.2) is 5.60 Å². The highest BCUT2D eigenvalue weighted by molar-refractivity contribution is 6.90. The third-order valence-electron chi connectivity index (χ3n) is 10.6. The largest absolute Gasteiger partial charge is 0.472 e. The number of benzene rings is 7. The van der Waals surface area contributed by atoms with Crippen LogP contribution in [0.4, 0.5) is 0 Å². The van der Waals surface area contributed by atoms with Crippen LogP contribution in [-0.4, -0.2) is 12.6 Å². The fraction of sp³-hybridized carbons (Fsp3) is 0.0870. The Kier molecular flexibility index (Phi) is 5.90. The van der Waals surface area contributed by atoms with Crippen LogP contribution in [0.3, 0.4) is 0 Å². The molecule has 0 bridgehead atoms. The van der Waals surface area contributed by atoms with E-state index >= 15 is 0 Å². The Morgan fingerprint density at radius 1 is 0.531 bits per heavy atom. The van der Waals surface area contributed by atoms with E-state index in [1.807, 2.05) is 0 Å². The number of fused-ring (bicyclic) bond motifs is 8.